The fraction of sp³-hybridized carbons (Fsp3) is 0.438. The molecule has 4 rings (SSSR count). The number of aromatic hydroxyl groups is 1. The molecule has 1 aliphatic heterocycles. The molecule has 0 radical (unpaired) electrons. The van der Waals surface area contributed by atoms with E-state index in [0.29, 0.717) is 23.7 Å². The van der Waals surface area contributed by atoms with E-state index in [1.54, 1.807) is 36.1 Å². The number of unbranched alkanes of at least 4 members (excludes halogenated alkanes) is 1. The predicted molar refractivity (Wildman–Crippen MR) is 165 cm³/mol. The van der Waals surface area contributed by atoms with E-state index in [1.165, 1.54) is 18.6 Å². The molecule has 4 atom stereocenters. The molecule has 0 aliphatic carbocycles. The second-order valence-corrected chi connectivity index (χ2v) is 13.0. The van der Waals surface area contributed by atoms with Crippen LogP contribution in [0.1, 0.15) is 68.9 Å². The molecule has 2 heterocycles. The number of carbonyl (C=O) groups excluding carboxylic acids is 2. The number of Topliss-reactive ketones (excluding diaryl/α,β-unsaturated/α-hetero) is 1. The molecule has 0 bridgehead atoms. The predicted octanol–water partition coefficient (Wildman–Crippen LogP) is 7.87. The topological polar surface area (TPSA) is 97.9 Å². The van der Waals surface area contributed by atoms with Gasteiger partial charge in [-0.05, 0) is 47.9 Å². The van der Waals surface area contributed by atoms with Gasteiger partial charge in [0.15, 0.2) is 11.5 Å². The highest BCUT2D eigenvalue weighted by Crippen LogP contribution is 2.43. The summed E-state index contributed by atoms with van der Waals surface area (Å²) in [5.41, 5.74) is 2.17. The van der Waals surface area contributed by atoms with Crippen LogP contribution >= 0.6 is 21.6 Å². The summed E-state index contributed by atoms with van der Waals surface area (Å²) < 4.78 is 17.5. The van der Waals surface area contributed by atoms with Gasteiger partial charge in [0.25, 0.3) is 0 Å². The van der Waals surface area contributed by atoms with Crippen LogP contribution in [0.15, 0.2) is 60.9 Å². The number of esters is 1. The van der Waals surface area contributed by atoms with Crippen molar-refractivity contribution in [2.24, 2.45) is 5.92 Å². The summed E-state index contributed by atoms with van der Waals surface area (Å²) in [5, 5.41) is 9.79. The van der Waals surface area contributed by atoms with Crippen LogP contribution in [-0.4, -0.2) is 46.6 Å². The average molecular weight is 598 g/mol. The Balaban J connectivity index is 1.59. The lowest BCUT2D eigenvalue weighted by Crippen LogP contribution is -2.34. The second kappa shape index (κ2) is 15.3. The summed E-state index contributed by atoms with van der Waals surface area (Å²) in [6.45, 7) is 3.59. The number of phenolic OH excluding ortho intramolecular Hbond substituents is 1. The molecule has 1 aromatic heterocycles. The molecule has 1 aliphatic rings. The van der Waals surface area contributed by atoms with Crippen LogP contribution in [-0.2, 0) is 14.3 Å². The van der Waals surface area contributed by atoms with Crippen molar-refractivity contribution in [3.8, 4) is 23.0 Å². The Morgan fingerprint density at radius 3 is 2.59 bits per heavy atom. The first-order valence-corrected chi connectivity index (χ1v) is 16.6. The molecule has 1 saturated heterocycles. The zero-order valence-electron chi connectivity index (χ0n) is 23.8. The van der Waals surface area contributed by atoms with Crippen molar-refractivity contribution in [1.29, 1.82) is 0 Å². The molecular formula is C32H39NO6S2. The van der Waals surface area contributed by atoms with Crippen LogP contribution in [0.3, 0.4) is 0 Å². The molecule has 2 N–H and O–H groups in total. The Bertz CT molecular complexity index is 1280. The highest BCUT2D eigenvalue weighted by atomic mass is 33.1. The number of H-pyrrole nitrogens is 1. The molecule has 0 unspecified atom stereocenters. The van der Waals surface area contributed by atoms with Gasteiger partial charge in [0, 0.05) is 67.5 Å². The largest absolute Gasteiger partial charge is 0.508 e. The number of hydrogen-bond acceptors (Lipinski definition) is 8. The van der Waals surface area contributed by atoms with E-state index in [1.807, 2.05) is 41.4 Å². The number of methoxy groups -OCH3 is 1. The molecule has 41 heavy (non-hydrogen) atoms. The van der Waals surface area contributed by atoms with Gasteiger partial charge in [0.2, 0.25) is 0 Å². The van der Waals surface area contributed by atoms with Crippen LogP contribution in [0.2, 0.25) is 0 Å². The van der Waals surface area contributed by atoms with Crippen molar-refractivity contribution in [2.45, 2.75) is 63.9 Å². The number of ketones is 1. The number of benzene rings is 2. The number of aromatic nitrogens is 1. The fourth-order valence-corrected chi connectivity index (χ4v) is 8.18. The summed E-state index contributed by atoms with van der Waals surface area (Å²) in [7, 11) is 5.18. The number of rotatable bonds is 9. The molecular weight excluding hydrogens is 558 g/mol. The van der Waals surface area contributed by atoms with Crippen molar-refractivity contribution in [3.05, 3.63) is 72.1 Å². The number of hydrogen-bond donors (Lipinski definition) is 2. The zero-order valence-corrected chi connectivity index (χ0v) is 25.5. The summed E-state index contributed by atoms with van der Waals surface area (Å²) >= 11 is 0. The maximum atomic E-state index is 13.6. The summed E-state index contributed by atoms with van der Waals surface area (Å²) in [5.74, 6) is 3.21. The van der Waals surface area contributed by atoms with E-state index in [4.69, 9.17) is 14.2 Å². The van der Waals surface area contributed by atoms with E-state index in [0.717, 1.165) is 36.3 Å². The van der Waals surface area contributed by atoms with Gasteiger partial charge in [-0.15, -0.1) is 0 Å². The Labute approximate surface area is 250 Å². The Morgan fingerprint density at radius 1 is 1.05 bits per heavy atom. The van der Waals surface area contributed by atoms with Gasteiger partial charge in [0.1, 0.15) is 23.4 Å². The summed E-state index contributed by atoms with van der Waals surface area (Å²) in [4.78, 5) is 29.0. The first kappa shape index (κ1) is 30.9. The number of phenols is 1. The third-order valence-corrected chi connectivity index (χ3v) is 9.98. The summed E-state index contributed by atoms with van der Waals surface area (Å²) in [6, 6.07) is 14.4. The smallest absolute Gasteiger partial charge is 0.302 e. The Hall–Kier alpha value is -3.04. The Morgan fingerprint density at radius 2 is 1.88 bits per heavy atom. The van der Waals surface area contributed by atoms with Crippen molar-refractivity contribution in [1.82, 2.24) is 4.98 Å². The van der Waals surface area contributed by atoms with Crippen LogP contribution in [0.4, 0.5) is 0 Å². The lowest BCUT2D eigenvalue weighted by atomic mass is 9.79. The Kier molecular flexibility index (Phi) is 11.5. The van der Waals surface area contributed by atoms with Crippen molar-refractivity contribution >= 4 is 33.3 Å². The number of nitrogens with one attached hydrogen (secondary N) is 1. The molecule has 1 fully saturated rings. The zero-order chi connectivity index (χ0) is 29.2. The monoisotopic (exact) mass is 597 g/mol. The van der Waals surface area contributed by atoms with E-state index in [-0.39, 0.29) is 41.7 Å². The fourth-order valence-electron chi connectivity index (χ4n) is 5.42. The van der Waals surface area contributed by atoms with Crippen LogP contribution in [0.25, 0.3) is 0 Å². The lowest BCUT2D eigenvalue weighted by Gasteiger charge is -2.33. The maximum absolute atomic E-state index is 13.6. The number of carbonyl (C=O) groups is 2. The lowest BCUT2D eigenvalue weighted by molar-refractivity contribution is -0.151. The minimum atomic E-state index is -0.469. The normalized spacial score (nSPS) is 22.0. The van der Waals surface area contributed by atoms with Gasteiger partial charge < -0.3 is 24.3 Å². The second-order valence-electron chi connectivity index (χ2n) is 10.4. The van der Waals surface area contributed by atoms with Gasteiger partial charge in [-0.1, -0.05) is 53.5 Å². The van der Waals surface area contributed by atoms with Crippen molar-refractivity contribution < 1.29 is 28.9 Å². The molecule has 3 aromatic rings. The van der Waals surface area contributed by atoms with E-state index in [9.17, 15) is 14.7 Å². The molecule has 0 spiro atoms. The van der Waals surface area contributed by atoms with Gasteiger partial charge in [-0.25, -0.2) is 0 Å². The molecule has 0 saturated carbocycles. The highest BCUT2D eigenvalue weighted by Gasteiger charge is 2.35. The van der Waals surface area contributed by atoms with Crippen LogP contribution < -0.4 is 9.47 Å². The van der Waals surface area contributed by atoms with E-state index >= 15 is 0 Å². The third kappa shape index (κ3) is 8.72. The highest BCUT2D eigenvalue weighted by molar-refractivity contribution is 8.76. The standard InChI is InChI=1S/C32H39NO6S2/c1-4-5-9-28-29(23-12-13-33-18-23)20-41-40-19-24(14-26(36)17-31(28)38-21(2)34)22-10-11-30(32(15-22)37-3)39-27-8-6-7-25(35)16-27/h6-8,10-13,15-16,18,24,28-29,31,33,35H,4-5,9,14,17,19-20H2,1-3H3/t24-,28-,29+,31-/m0/s1. The van der Waals surface area contributed by atoms with Crippen LogP contribution in [0.5, 0.6) is 23.0 Å². The molecule has 7 nitrogen and oxygen atoms in total. The molecule has 220 valence electrons. The van der Waals surface area contributed by atoms with Gasteiger partial charge >= 0.3 is 5.97 Å². The van der Waals surface area contributed by atoms with Gasteiger partial charge in [-0.3, -0.25) is 9.59 Å². The number of aromatic amines is 1. The molecule has 0 amide bonds. The minimum Gasteiger partial charge on any atom is -0.508 e. The first-order valence-electron chi connectivity index (χ1n) is 14.1. The number of ether oxygens (including phenoxy) is 3. The first-order chi connectivity index (χ1) is 19.9. The average Bonchev–Trinajstić information content (AvgIpc) is 3.47. The molecule has 2 aromatic carbocycles. The van der Waals surface area contributed by atoms with E-state index in [2.05, 4.69) is 18.0 Å². The summed E-state index contributed by atoms with van der Waals surface area (Å²) in [6.07, 6.45) is 6.97. The van der Waals surface area contributed by atoms with Crippen molar-refractivity contribution in [2.75, 3.05) is 18.6 Å². The molecule has 9 heteroatoms. The van der Waals surface area contributed by atoms with Gasteiger partial charge in [-0.2, -0.15) is 0 Å². The minimum absolute atomic E-state index is 0.0420. The van der Waals surface area contributed by atoms with Gasteiger partial charge in [0.05, 0.1) is 7.11 Å². The SMILES string of the molecule is CCCC[C@@H]1[C@@H](OC(C)=O)CC(=O)C[C@H](c2ccc(Oc3cccc(O)c3)c(OC)c2)CSSC[C@@H]1c1cc[nH]c1. The van der Waals surface area contributed by atoms with Crippen LogP contribution in [0, 0.1) is 5.92 Å². The van der Waals surface area contributed by atoms with E-state index < -0.39 is 6.10 Å². The quantitative estimate of drug-likeness (QED) is 0.190. The van der Waals surface area contributed by atoms with Crippen molar-refractivity contribution in [3.63, 3.8) is 0 Å². The third-order valence-electron chi connectivity index (χ3n) is 7.46. The maximum Gasteiger partial charge on any atom is 0.302 e.